The highest BCUT2D eigenvalue weighted by atomic mass is 31.2. The Labute approximate surface area is 359 Å². The number of carbonyl (C=O) groups excluding carboxylic acids is 1. The summed E-state index contributed by atoms with van der Waals surface area (Å²) in [4.78, 5) is 23.1. The smallest absolute Gasteiger partial charge is 0.387 e. The SMILES string of the molecule is CCCCC/C=C\C=C/CCCCCCCCC(=O)NC(COP(=O)(O)OCC[N+](C)(C)C)C(O)/C=C/CC/C=C/CCCCCCCCCCCCCCCCC. The molecule has 58 heavy (non-hydrogen) atoms. The van der Waals surface area contributed by atoms with Crippen LogP contribution in [-0.4, -0.2) is 73.4 Å². The van der Waals surface area contributed by atoms with Crippen molar-refractivity contribution in [2.45, 2.75) is 219 Å². The standard InChI is InChI=1S/C49H93N2O6P/c1-6-8-10-12-14-16-18-20-22-23-24-25-26-27-29-30-32-34-36-38-40-42-48(52)47(46-57-58(54,55)56-45-44-51(3,4)5)50-49(53)43-41-39-37-35-33-31-28-21-19-17-15-13-11-9-7-2/h15,17,19,21,32,34,40,42,47-48,52H,6-14,16,18,20,22-31,33,35-39,41,43-46H2,1-5H3,(H-,50,53,54,55)/p+1/b17-15-,21-19-,34-32+,42-40+. The first kappa shape index (κ1) is 56.5. The van der Waals surface area contributed by atoms with Crippen LogP contribution >= 0.6 is 7.82 Å². The van der Waals surface area contributed by atoms with E-state index >= 15 is 0 Å². The van der Waals surface area contributed by atoms with Gasteiger partial charge in [-0.3, -0.25) is 13.8 Å². The molecule has 0 rings (SSSR count). The number of allylic oxidation sites excluding steroid dienone is 7. The Morgan fingerprint density at radius 1 is 0.586 bits per heavy atom. The summed E-state index contributed by atoms with van der Waals surface area (Å²) >= 11 is 0. The van der Waals surface area contributed by atoms with Gasteiger partial charge in [0.1, 0.15) is 13.2 Å². The molecule has 0 heterocycles. The van der Waals surface area contributed by atoms with Gasteiger partial charge < -0.3 is 19.8 Å². The van der Waals surface area contributed by atoms with Crippen molar-refractivity contribution in [3.63, 3.8) is 0 Å². The molecule has 8 nitrogen and oxygen atoms in total. The Hall–Kier alpha value is -1.54. The highest BCUT2D eigenvalue weighted by molar-refractivity contribution is 7.47. The number of amides is 1. The number of nitrogens with one attached hydrogen (secondary N) is 1. The summed E-state index contributed by atoms with van der Waals surface area (Å²) in [6, 6.07) is -0.869. The number of hydrogen-bond donors (Lipinski definition) is 3. The van der Waals surface area contributed by atoms with Crippen molar-refractivity contribution in [1.82, 2.24) is 5.32 Å². The summed E-state index contributed by atoms with van der Waals surface area (Å²) in [5.74, 6) is -0.200. The van der Waals surface area contributed by atoms with E-state index < -0.39 is 20.0 Å². The van der Waals surface area contributed by atoms with Gasteiger partial charge in [0.15, 0.2) is 0 Å². The summed E-state index contributed by atoms with van der Waals surface area (Å²) in [6.07, 6.45) is 51.9. The molecule has 0 aliphatic heterocycles. The number of rotatable bonds is 43. The molecule has 3 N–H and O–H groups in total. The molecule has 3 atom stereocenters. The van der Waals surface area contributed by atoms with Gasteiger partial charge in [-0.1, -0.05) is 191 Å². The quantitative estimate of drug-likeness (QED) is 0.0186. The maximum Gasteiger partial charge on any atom is 0.472 e. The van der Waals surface area contributed by atoms with Crippen LogP contribution in [0.3, 0.4) is 0 Å². The Balaban J connectivity index is 4.42. The predicted molar refractivity (Wildman–Crippen MR) is 249 cm³/mol. The molecule has 0 radical (unpaired) electrons. The van der Waals surface area contributed by atoms with E-state index in [1.165, 1.54) is 128 Å². The van der Waals surface area contributed by atoms with Crippen molar-refractivity contribution in [3.05, 3.63) is 48.6 Å². The molecule has 0 aromatic carbocycles. The highest BCUT2D eigenvalue weighted by Crippen LogP contribution is 2.43. The zero-order chi connectivity index (χ0) is 42.8. The van der Waals surface area contributed by atoms with Crippen LogP contribution in [0.5, 0.6) is 0 Å². The van der Waals surface area contributed by atoms with Gasteiger partial charge in [-0.05, 0) is 57.8 Å². The van der Waals surface area contributed by atoms with E-state index in [-0.39, 0.29) is 19.1 Å². The molecule has 0 saturated carbocycles. The molecule has 0 aliphatic carbocycles. The lowest BCUT2D eigenvalue weighted by Gasteiger charge is -2.25. The van der Waals surface area contributed by atoms with E-state index in [1.54, 1.807) is 6.08 Å². The average Bonchev–Trinajstić information content (AvgIpc) is 3.17. The number of phosphoric ester groups is 1. The molecule has 1 amide bonds. The normalized spacial score (nSPS) is 14.7. The van der Waals surface area contributed by atoms with E-state index in [0.717, 1.165) is 57.8 Å². The first-order valence-corrected chi connectivity index (χ1v) is 25.5. The molecule has 0 aliphatic rings. The van der Waals surface area contributed by atoms with Gasteiger partial charge in [0.25, 0.3) is 0 Å². The first-order chi connectivity index (χ1) is 28.0. The fourth-order valence-electron chi connectivity index (χ4n) is 6.69. The number of likely N-dealkylation sites (N-methyl/N-ethyl adjacent to an activating group) is 1. The minimum absolute atomic E-state index is 0.0525. The number of quaternary nitrogens is 1. The predicted octanol–water partition coefficient (Wildman–Crippen LogP) is 13.6. The third-order valence-corrected chi connectivity index (χ3v) is 11.5. The molecule has 0 saturated heterocycles. The van der Waals surface area contributed by atoms with Crippen molar-refractivity contribution in [3.8, 4) is 0 Å². The zero-order valence-electron chi connectivity index (χ0n) is 38.5. The Kier molecular flexibility index (Phi) is 39.8. The lowest BCUT2D eigenvalue weighted by molar-refractivity contribution is -0.870. The molecular formula is C49H94N2O6P+. The number of carbonyl (C=O) groups is 1. The Morgan fingerprint density at radius 2 is 1.00 bits per heavy atom. The monoisotopic (exact) mass is 838 g/mol. The van der Waals surface area contributed by atoms with Gasteiger partial charge in [-0.25, -0.2) is 4.57 Å². The minimum atomic E-state index is -4.35. The van der Waals surface area contributed by atoms with E-state index in [9.17, 15) is 19.4 Å². The molecule has 3 unspecified atom stereocenters. The third kappa shape index (κ3) is 42.6. The first-order valence-electron chi connectivity index (χ1n) is 24.0. The second kappa shape index (κ2) is 40.8. The molecular weight excluding hydrogens is 744 g/mol. The summed E-state index contributed by atoms with van der Waals surface area (Å²) in [6.45, 7) is 4.76. The van der Waals surface area contributed by atoms with Gasteiger partial charge in [0.05, 0.1) is 39.9 Å². The second-order valence-corrected chi connectivity index (χ2v) is 19.0. The summed E-state index contributed by atoms with van der Waals surface area (Å²) in [7, 11) is 1.54. The fourth-order valence-corrected chi connectivity index (χ4v) is 7.43. The van der Waals surface area contributed by atoms with E-state index in [4.69, 9.17) is 9.05 Å². The van der Waals surface area contributed by atoms with Gasteiger partial charge in [-0.2, -0.15) is 0 Å². The number of aliphatic hydroxyl groups is 1. The van der Waals surface area contributed by atoms with Crippen LogP contribution in [0.4, 0.5) is 0 Å². The number of nitrogens with zero attached hydrogens (tertiary/aromatic N) is 1. The number of phosphoric acid groups is 1. The second-order valence-electron chi connectivity index (χ2n) is 17.5. The van der Waals surface area contributed by atoms with Crippen molar-refractivity contribution in [1.29, 1.82) is 0 Å². The largest absolute Gasteiger partial charge is 0.472 e. The molecule has 0 bridgehead atoms. The molecule has 0 aromatic heterocycles. The number of unbranched alkanes of at least 4 members (excludes halogenated alkanes) is 25. The third-order valence-electron chi connectivity index (χ3n) is 10.5. The lowest BCUT2D eigenvalue weighted by Crippen LogP contribution is -2.45. The van der Waals surface area contributed by atoms with E-state index in [1.807, 2.05) is 27.2 Å². The molecule has 340 valence electrons. The summed E-state index contributed by atoms with van der Waals surface area (Å²) in [5, 5.41) is 13.8. The minimum Gasteiger partial charge on any atom is -0.387 e. The Morgan fingerprint density at radius 3 is 1.52 bits per heavy atom. The van der Waals surface area contributed by atoms with Crippen molar-refractivity contribution in [2.75, 3.05) is 40.9 Å². The van der Waals surface area contributed by atoms with Crippen LogP contribution < -0.4 is 5.32 Å². The van der Waals surface area contributed by atoms with Crippen LogP contribution in [-0.2, 0) is 18.4 Å². The maximum atomic E-state index is 12.9. The number of hydrogen-bond acceptors (Lipinski definition) is 5. The molecule has 0 spiro atoms. The van der Waals surface area contributed by atoms with Gasteiger partial charge in [0, 0.05) is 6.42 Å². The molecule has 0 fully saturated rings. The van der Waals surface area contributed by atoms with Crippen molar-refractivity contribution < 1.29 is 32.9 Å². The van der Waals surface area contributed by atoms with Crippen LogP contribution in [0.1, 0.15) is 206 Å². The van der Waals surface area contributed by atoms with Gasteiger partial charge in [-0.15, -0.1) is 0 Å². The van der Waals surface area contributed by atoms with Crippen molar-refractivity contribution >= 4 is 13.7 Å². The Bertz CT molecular complexity index is 1090. The summed E-state index contributed by atoms with van der Waals surface area (Å²) in [5.41, 5.74) is 0. The van der Waals surface area contributed by atoms with E-state index in [0.29, 0.717) is 17.4 Å². The van der Waals surface area contributed by atoms with E-state index in [2.05, 4.69) is 55.6 Å². The van der Waals surface area contributed by atoms with Gasteiger partial charge in [0.2, 0.25) is 5.91 Å². The zero-order valence-corrected chi connectivity index (χ0v) is 39.4. The number of aliphatic hydroxyl groups excluding tert-OH is 1. The lowest BCUT2D eigenvalue weighted by atomic mass is 10.0. The van der Waals surface area contributed by atoms with Crippen LogP contribution in [0.25, 0.3) is 0 Å². The maximum absolute atomic E-state index is 12.9. The van der Waals surface area contributed by atoms with Crippen LogP contribution in [0, 0.1) is 0 Å². The van der Waals surface area contributed by atoms with Crippen molar-refractivity contribution in [2.24, 2.45) is 0 Å². The highest BCUT2D eigenvalue weighted by Gasteiger charge is 2.27. The molecule has 9 heteroatoms. The van der Waals surface area contributed by atoms with Gasteiger partial charge >= 0.3 is 7.82 Å². The van der Waals surface area contributed by atoms with Crippen LogP contribution in [0.2, 0.25) is 0 Å². The molecule has 0 aromatic rings. The van der Waals surface area contributed by atoms with Crippen LogP contribution in [0.15, 0.2) is 48.6 Å². The summed E-state index contributed by atoms with van der Waals surface area (Å²) < 4.78 is 23.6. The average molecular weight is 838 g/mol. The fraction of sp³-hybridized carbons (Fsp3) is 0.816. The topological polar surface area (TPSA) is 105 Å².